The van der Waals surface area contributed by atoms with Gasteiger partial charge in [-0.3, -0.25) is 0 Å². The molecule has 0 fully saturated rings. The van der Waals surface area contributed by atoms with E-state index in [9.17, 15) is 8.42 Å². The molecule has 0 aromatic rings. The molecule has 0 aliphatic carbocycles. The van der Waals surface area contributed by atoms with Crippen LogP contribution in [0.5, 0.6) is 0 Å². The van der Waals surface area contributed by atoms with Crippen LogP contribution in [0, 0.1) is 6.92 Å². The third-order valence-corrected chi connectivity index (χ3v) is 0.774. The summed E-state index contributed by atoms with van der Waals surface area (Å²) in [7, 11) is -3.77. The summed E-state index contributed by atoms with van der Waals surface area (Å²) in [5.41, 5.74) is 0. The van der Waals surface area contributed by atoms with Crippen LogP contribution in [0.4, 0.5) is 0 Å². The molecule has 4 heteroatoms. The Labute approximate surface area is 37.2 Å². The van der Waals surface area contributed by atoms with Gasteiger partial charge in [0.2, 0.25) is 10.0 Å². The first kappa shape index (κ1) is 5.91. The second-order valence-electron chi connectivity index (χ2n) is 0.786. The Balaban J connectivity index is 3.85. The minimum absolute atomic E-state index is 0.451. The molecule has 3 radical (unpaired) electrons. The van der Waals surface area contributed by atoms with Crippen LogP contribution in [0.3, 0.4) is 0 Å². The zero-order chi connectivity index (χ0) is 5.21. The molecular weight excluding hydrogens is 102 g/mol. The van der Waals surface area contributed by atoms with Crippen LogP contribution in [-0.4, -0.2) is 14.2 Å². The van der Waals surface area contributed by atoms with Crippen molar-refractivity contribution in [2.75, 3.05) is 5.75 Å². The first-order valence-electron chi connectivity index (χ1n) is 1.30. The van der Waals surface area contributed by atoms with Crippen molar-refractivity contribution in [1.82, 2.24) is 5.14 Å². The van der Waals surface area contributed by atoms with Crippen LogP contribution in [0.25, 0.3) is 0 Å². The van der Waals surface area contributed by atoms with Crippen molar-refractivity contribution in [2.24, 2.45) is 0 Å². The van der Waals surface area contributed by atoms with E-state index in [2.05, 4.69) is 6.92 Å². The molecule has 3 nitrogen and oxygen atoms in total. The topological polar surface area (TPSA) is 56.4 Å². The molecule has 0 heterocycles. The second-order valence-corrected chi connectivity index (χ2v) is 2.36. The van der Waals surface area contributed by atoms with Crippen LogP contribution in [0.15, 0.2) is 0 Å². The Kier molecular flexibility index (Phi) is 1.55. The van der Waals surface area contributed by atoms with Crippen LogP contribution in [0.1, 0.15) is 0 Å². The lowest BCUT2D eigenvalue weighted by molar-refractivity contribution is 0.599. The molecule has 35 valence electrons. The molecule has 0 aliphatic rings. The van der Waals surface area contributed by atoms with Crippen LogP contribution < -0.4 is 5.14 Å². The summed E-state index contributed by atoms with van der Waals surface area (Å²) >= 11 is 0. The van der Waals surface area contributed by atoms with Crippen molar-refractivity contribution < 1.29 is 8.42 Å². The minimum atomic E-state index is -3.77. The number of sulfonamides is 1. The highest BCUT2D eigenvalue weighted by Crippen LogP contribution is 1.71. The normalized spacial score (nSPS) is 11.7. The van der Waals surface area contributed by atoms with Gasteiger partial charge in [0, 0.05) is 0 Å². The van der Waals surface area contributed by atoms with Gasteiger partial charge in [-0.05, 0) is 12.1 Å². The Morgan fingerprint density at radius 2 is 1.83 bits per heavy atom. The zero-order valence-electron chi connectivity index (χ0n) is 3.09. The van der Waals surface area contributed by atoms with E-state index in [1.54, 1.807) is 0 Å². The SMILES string of the molecule is [CH2]CS([N])(=O)=O. The number of rotatable bonds is 1. The van der Waals surface area contributed by atoms with Gasteiger partial charge in [0.15, 0.2) is 0 Å². The van der Waals surface area contributed by atoms with E-state index < -0.39 is 15.8 Å². The lowest BCUT2D eigenvalue weighted by Crippen LogP contribution is -2.01. The molecule has 0 rings (SSSR count). The molecule has 0 aromatic carbocycles. The summed E-state index contributed by atoms with van der Waals surface area (Å²) in [5, 5.41) is 7.74. The van der Waals surface area contributed by atoms with E-state index in [-0.39, 0.29) is 0 Å². The van der Waals surface area contributed by atoms with E-state index in [0.29, 0.717) is 0 Å². The Morgan fingerprint density at radius 3 is 1.83 bits per heavy atom. The quantitative estimate of drug-likeness (QED) is 0.440. The van der Waals surface area contributed by atoms with Crippen LogP contribution in [-0.2, 0) is 10.0 Å². The number of nitrogens with zero attached hydrogens (tertiary/aromatic N) is 1. The molecule has 0 aliphatic heterocycles. The molecule has 0 bridgehead atoms. The Hall–Kier alpha value is -0.0900. The maximum absolute atomic E-state index is 9.49. The van der Waals surface area contributed by atoms with Gasteiger partial charge >= 0.3 is 0 Å². The van der Waals surface area contributed by atoms with Gasteiger partial charge in [0.25, 0.3) is 0 Å². The maximum atomic E-state index is 9.49. The van der Waals surface area contributed by atoms with Crippen molar-refractivity contribution in [3.8, 4) is 0 Å². The van der Waals surface area contributed by atoms with Crippen molar-refractivity contribution in [1.29, 1.82) is 0 Å². The van der Waals surface area contributed by atoms with Gasteiger partial charge in [-0.15, -0.1) is 0 Å². The molecule has 6 heavy (non-hydrogen) atoms. The van der Waals surface area contributed by atoms with Crippen LogP contribution >= 0.6 is 0 Å². The van der Waals surface area contributed by atoms with Crippen molar-refractivity contribution in [3.63, 3.8) is 0 Å². The molecular formula is C2H4NO2S. The molecule has 0 N–H and O–H groups in total. The molecule has 0 aromatic heterocycles. The summed E-state index contributed by atoms with van der Waals surface area (Å²) in [6.45, 7) is 2.92. The predicted molar refractivity (Wildman–Crippen MR) is 21.3 cm³/mol. The maximum Gasteiger partial charge on any atom is 0.244 e. The van der Waals surface area contributed by atoms with Crippen LogP contribution in [0.2, 0.25) is 0 Å². The number of hydrogen-bond donors (Lipinski definition) is 0. The standard InChI is InChI=1S/C2H4NO2S/c1-2-6(3,4)5/h1-2H2. The first-order valence-corrected chi connectivity index (χ1v) is 2.91. The van der Waals surface area contributed by atoms with E-state index in [4.69, 9.17) is 5.14 Å². The molecule has 0 spiro atoms. The van der Waals surface area contributed by atoms with Crippen molar-refractivity contribution in [3.05, 3.63) is 6.92 Å². The van der Waals surface area contributed by atoms with Gasteiger partial charge < -0.3 is 0 Å². The highest BCUT2D eigenvalue weighted by Gasteiger charge is 1.95. The predicted octanol–water partition coefficient (Wildman–Crippen LogP) is -0.781. The fraction of sp³-hybridized carbons (Fsp3) is 0.500. The Morgan fingerprint density at radius 1 is 1.67 bits per heavy atom. The van der Waals surface area contributed by atoms with Gasteiger partial charge in [-0.25, -0.2) is 8.42 Å². The average molecular weight is 106 g/mol. The highest BCUT2D eigenvalue weighted by molar-refractivity contribution is 7.88. The molecule has 0 saturated carbocycles. The van der Waals surface area contributed by atoms with Crippen molar-refractivity contribution in [2.45, 2.75) is 0 Å². The third-order valence-electron chi connectivity index (χ3n) is 0.258. The fourth-order valence-corrected chi connectivity index (χ4v) is 0. The van der Waals surface area contributed by atoms with Gasteiger partial charge in [0.05, 0.1) is 5.75 Å². The second kappa shape index (κ2) is 1.57. The van der Waals surface area contributed by atoms with Gasteiger partial charge in [-0.1, -0.05) is 0 Å². The van der Waals surface area contributed by atoms with E-state index >= 15 is 0 Å². The fourth-order valence-electron chi connectivity index (χ4n) is 0. The summed E-state index contributed by atoms with van der Waals surface area (Å²) in [6, 6.07) is 0. The smallest absolute Gasteiger partial charge is 0.209 e. The third kappa shape index (κ3) is 3.91. The summed E-state index contributed by atoms with van der Waals surface area (Å²) < 4.78 is 19.0. The minimum Gasteiger partial charge on any atom is -0.209 e. The average Bonchev–Trinajstić information content (AvgIpc) is 1.35. The van der Waals surface area contributed by atoms with E-state index in [0.717, 1.165) is 0 Å². The largest absolute Gasteiger partial charge is 0.244 e. The molecule has 0 unspecified atom stereocenters. The summed E-state index contributed by atoms with van der Waals surface area (Å²) in [5.74, 6) is -0.451. The Bertz CT molecular complexity index is 114. The summed E-state index contributed by atoms with van der Waals surface area (Å²) in [4.78, 5) is 0. The lowest BCUT2D eigenvalue weighted by atomic mass is 11.0. The monoisotopic (exact) mass is 106 g/mol. The first-order chi connectivity index (χ1) is 2.56. The van der Waals surface area contributed by atoms with Gasteiger partial charge in [-0.2, -0.15) is 0 Å². The van der Waals surface area contributed by atoms with E-state index in [1.165, 1.54) is 0 Å². The molecule has 0 saturated heterocycles. The molecule has 0 atom stereocenters. The van der Waals surface area contributed by atoms with Gasteiger partial charge in [0.1, 0.15) is 0 Å². The summed E-state index contributed by atoms with van der Waals surface area (Å²) in [6.07, 6.45) is 0. The van der Waals surface area contributed by atoms with E-state index in [1.807, 2.05) is 0 Å². The molecule has 0 amide bonds. The highest BCUT2D eigenvalue weighted by atomic mass is 32.2. The number of hydrogen-bond acceptors (Lipinski definition) is 2. The lowest BCUT2D eigenvalue weighted by Gasteiger charge is -1.76. The zero-order valence-corrected chi connectivity index (χ0v) is 3.90. The van der Waals surface area contributed by atoms with Crippen molar-refractivity contribution >= 4 is 10.0 Å².